The topological polar surface area (TPSA) is 81.7 Å². The molecule has 0 unspecified atom stereocenters. The lowest BCUT2D eigenvalue weighted by molar-refractivity contribution is 0.0600. The maximum atomic E-state index is 12.6. The Morgan fingerprint density at radius 2 is 1.83 bits per heavy atom. The quantitative estimate of drug-likeness (QED) is 0.849. The second kappa shape index (κ2) is 6.70. The van der Waals surface area contributed by atoms with Crippen molar-refractivity contribution in [2.45, 2.75) is 11.8 Å². The minimum Gasteiger partial charge on any atom is -0.495 e. The molecule has 122 valence electrons. The minimum absolute atomic E-state index is 0.123. The lowest BCUT2D eigenvalue weighted by Crippen LogP contribution is -2.15. The van der Waals surface area contributed by atoms with Crippen molar-refractivity contribution in [3.8, 4) is 5.75 Å². The van der Waals surface area contributed by atoms with Gasteiger partial charge in [-0.2, -0.15) is 0 Å². The molecule has 0 amide bonds. The van der Waals surface area contributed by atoms with Crippen molar-refractivity contribution >= 4 is 21.7 Å². The molecule has 0 aliphatic heterocycles. The number of nitrogens with one attached hydrogen (secondary N) is 1. The summed E-state index contributed by atoms with van der Waals surface area (Å²) in [5.74, 6) is -0.488. The summed E-state index contributed by atoms with van der Waals surface area (Å²) in [6, 6.07) is 11.0. The fourth-order valence-corrected chi connectivity index (χ4v) is 3.30. The number of hydrogen-bond acceptors (Lipinski definition) is 5. The highest BCUT2D eigenvalue weighted by atomic mass is 32.2. The van der Waals surface area contributed by atoms with Gasteiger partial charge in [0.15, 0.2) is 0 Å². The van der Waals surface area contributed by atoms with E-state index in [9.17, 15) is 13.2 Å². The van der Waals surface area contributed by atoms with Gasteiger partial charge in [0, 0.05) is 5.69 Å². The number of ether oxygens (including phenoxy) is 2. The van der Waals surface area contributed by atoms with Gasteiger partial charge in [-0.05, 0) is 42.8 Å². The zero-order chi connectivity index (χ0) is 17.0. The van der Waals surface area contributed by atoms with E-state index >= 15 is 0 Å². The maximum Gasteiger partial charge on any atom is 0.337 e. The first-order chi connectivity index (χ1) is 10.9. The fraction of sp³-hybridized carbons (Fsp3) is 0.188. The maximum absolute atomic E-state index is 12.6. The van der Waals surface area contributed by atoms with Gasteiger partial charge in [0.1, 0.15) is 10.6 Å². The molecule has 0 saturated heterocycles. The Morgan fingerprint density at radius 3 is 2.43 bits per heavy atom. The Morgan fingerprint density at radius 1 is 1.09 bits per heavy atom. The van der Waals surface area contributed by atoms with Crippen molar-refractivity contribution in [2.24, 2.45) is 0 Å². The van der Waals surface area contributed by atoms with Crippen molar-refractivity contribution in [2.75, 3.05) is 18.9 Å². The molecule has 1 N–H and O–H groups in total. The molecule has 23 heavy (non-hydrogen) atoms. The molecule has 0 saturated carbocycles. The SMILES string of the molecule is COC(=O)c1ccc(OC)c(S(=O)(=O)Nc2cccc(C)c2)c1. The van der Waals surface area contributed by atoms with Gasteiger partial charge in [0.25, 0.3) is 10.0 Å². The van der Waals surface area contributed by atoms with Crippen LogP contribution in [0, 0.1) is 6.92 Å². The molecule has 0 spiro atoms. The van der Waals surface area contributed by atoms with Crippen LogP contribution in [0.2, 0.25) is 0 Å². The van der Waals surface area contributed by atoms with E-state index in [1.165, 1.54) is 32.4 Å². The first-order valence-electron chi connectivity index (χ1n) is 6.73. The van der Waals surface area contributed by atoms with Gasteiger partial charge in [0.05, 0.1) is 19.8 Å². The number of hydrogen-bond donors (Lipinski definition) is 1. The number of anilines is 1. The van der Waals surface area contributed by atoms with Crippen molar-refractivity contribution < 1.29 is 22.7 Å². The molecule has 2 aromatic rings. The van der Waals surface area contributed by atoms with Crippen molar-refractivity contribution in [1.29, 1.82) is 0 Å². The third-order valence-corrected chi connectivity index (χ3v) is 4.55. The largest absolute Gasteiger partial charge is 0.495 e. The van der Waals surface area contributed by atoms with Crippen LogP contribution in [-0.4, -0.2) is 28.6 Å². The Bertz CT molecular complexity index is 830. The number of rotatable bonds is 5. The summed E-state index contributed by atoms with van der Waals surface area (Å²) < 4.78 is 37.4. The van der Waals surface area contributed by atoms with Crippen molar-refractivity contribution in [1.82, 2.24) is 0 Å². The standard InChI is InChI=1S/C16H17NO5S/c1-11-5-4-6-13(9-11)17-23(19,20)15-10-12(16(18)22-3)7-8-14(15)21-2/h4-10,17H,1-3H3. The highest BCUT2D eigenvalue weighted by molar-refractivity contribution is 7.92. The number of carbonyl (C=O) groups is 1. The van der Waals surface area contributed by atoms with Crippen LogP contribution >= 0.6 is 0 Å². The van der Waals surface area contributed by atoms with E-state index in [2.05, 4.69) is 9.46 Å². The van der Waals surface area contributed by atoms with Crippen LogP contribution in [0.3, 0.4) is 0 Å². The molecule has 0 radical (unpaired) electrons. The van der Waals surface area contributed by atoms with Crippen LogP contribution in [-0.2, 0) is 14.8 Å². The molecule has 7 heteroatoms. The zero-order valence-electron chi connectivity index (χ0n) is 13.0. The zero-order valence-corrected chi connectivity index (χ0v) is 13.8. The van der Waals surface area contributed by atoms with Gasteiger partial charge in [0.2, 0.25) is 0 Å². The van der Waals surface area contributed by atoms with Gasteiger partial charge in [-0.1, -0.05) is 12.1 Å². The summed E-state index contributed by atoms with van der Waals surface area (Å²) >= 11 is 0. The molecular weight excluding hydrogens is 318 g/mol. The molecule has 0 fully saturated rings. The van der Waals surface area contributed by atoms with Crippen LogP contribution in [0.4, 0.5) is 5.69 Å². The predicted molar refractivity (Wildman–Crippen MR) is 86.3 cm³/mol. The monoisotopic (exact) mass is 335 g/mol. The van der Waals surface area contributed by atoms with Gasteiger partial charge in [-0.15, -0.1) is 0 Å². The number of benzene rings is 2. The Kier molecular flexibility index (Phi) is 4.90. The lowest BCUT2D eigenvalue weighted by atomic mass is 10.2. The average Bonchev–Trinajstić information content (AvgIpc) is 2.53. The van der Waals surface area contributed by atoms with E-state index < -0.39 is 16.0 Å². The highest BCUT2D eigenvalue weighted by Crippen LogP contribution is 2.27. The molecule has 0 aliphatic rings. The third-order valence-electron chi connectivity index (χ3n) is 3.14. The summed E-state index contributed by atoms with van der Waals surface area (Å²) in [5.41, 5.74) is 1.47. The van der Waals surface area contributed by atoms with Gasteiger partial charge in [-0.25, -0.2) is 13.2 Å². The smallest absolute Gasteiger partial charge is 0.337 e. The number of esters is 1. The highest BCUT2D eigenvalue weighted by Gasteiger charge is 2.22. The molecule has 0 atom stereocenters. The second-order valence-electron chi connectivity index (χ2n) is 4.83. The second-order valence-corrected chi connectivity index (χ2v) is 6.48. The van der Waals surface area contributed by atoms with Crippen LogP contribution in [0.25, 0.3) is 0 Å². The van der Waals surface area contributed by atoms with Crippen LogP contribution < -0.4 is 9.46 Å². The summed E-state index contributed by atoms with van der Waals surface area (Å²) in [7, 11) is -1.33. The van der Waals surface area contributed by atoms with Crippen LogP contribution in [0.1, 0.15) is 15.9 Å². The third kappa shape index (κ3) is 3.81. The molecule has 6 nitrogen and oxygen atoms in total. The Labute approximate surface area is 135 Å². The van der Waals surface area contributed by atoms with E-state index in [4.69, 9.17) is 4.74 Å². The molecular formula is C16H17NO5S. The van der Waals surface area contributed by atoms with E-state index in [1.807, 2.05) is 13.0 Å². The normalized spacial score (nSPS) is 10.9. The van der Waals surface area contributed by atoms with Crippen LogP contribution in [0.5, 0.6) is 5.75 Å². The first kappa shape index (κ1) is 16.8. The summed E-state index contributed by atoms with van der Waals surface area (Å²) in [6.07, 6.45) is 0. The Hall–Kier alpha value is -2.54. The molecule has 0 bridgehead atoms. The van der Waals surface area contributed by atoms with E-state index in [0.717, 1.165) is 5.56 Å². The van der Waals surface area contributed by atoms with E-state index in [1.54, 1.807) is 18.2 Å². The van der Waals surface area contributed by atoms with Gasteiger partial charge >= 0.3 is 5.97 Å². The Balaban J connectivity index is 2.47. The molecule has 2 rings (SSSR count). The summed E-state index contributed by atoms with van der Waals surface area (Å²) in [5, 5.41) is 0. The fourth-order valence-electron chi connectivity index (χ4n) is 2.05. The molecule has 0 aliphatic carbocycles. The molecule has 2 aromatic carbocycles. The van der Waals surface area contributed by atoms with Gasteiger partial charge in [-0.3, -0.25) is 4.72 Å². The summed E-state index contributed by atoms with van der Waals surface area (Å²) in [4.78, 5) is 11.5. The van der Waals surface area contributed by atoms with Crippen molar-refractivity contribution in [3.05, 3.63) is 53.6 Å². The number of methoxy groups -OCH3 is 2. The first-order valence-corrected chi connectivity index (χ1v) is 8.21. The van der Waals surface area contributed by atoms with E-state index in [-0.39, 0.29) is 16.2 Å². The van der Waals surface area contributed by atoms with Gasteiger partial charge < -0.3 is 9.47 Å². The molecule has 0 aromatic heterocycles. The van der Waals surface area contributed by atoms with E-state index in [0.29, 0.717) is 5.69 Å². The number of aryl methyl sites for hydroxylation is 1. The predicted octanol–water partition coefficient (Wildman–Crippen LogP) is 2.59. The molecule has 0 heterocycles. The average molecular weight is 335 g/mol. The number of sulfonamides is 1. The number of carbonyl (C=O) groups excluding carboxylic acids is 1. The van der Waals surface area contributed by atoms with Crippen LogP contribution in [0.15, 0.2) is 47.4 Å². The lowest BCUT2D eigenvalue weighted by Gasteiger charge is -2.13. The summed E-state index contributed by atoms with van der Waals surface area (Å²) in [6.45, 7) is 1.86. The minimum atomic E-state index is -3.92. The van der Waals surface area contributed by atoms with Crippen molar-refractivity contribution in [3.63, 3.8) is 0 Å².